The van der Waals surface area contributed by atoms with Crippen LogP contribution in [0.15, 0.2) is 22.7 Å². The Morgan fingerprint density at radius 1 is 1.36 bits per heavy atom. The molecule has 0 unspecified atom stereocenters. The molecule has 0 aliphatic carbocycles. The predicted molar refractivity (Wildman–Crippen MR) is 51.7 cm³/mol. The monoisotopic (exact) mass is 267 g/mol. The van der Waals surface area contributed by atoms with Crippen molar-refractivity contribution in [3.8, 4) is 0 Å². The Bertz CT molecular complexity index is 333. The van der Waals surface area contributed by atoms with Gasteiger partial charge in [0.1, 0.15) is 0 Å². The highest BCUT2D eigenvalue weighted by atomic mass is 79.9. The van der Waals surface area contributed by atoms with Gasteiger partial charge in [-0.2, -0.15) is 13.2 Å². The van der Waals surface area contributed by atoms with E-state index in [9.17, 15) is 13.2 Å². The Labute approximate surface area is 88.2 Å². The lowest BCUT2D eigenvalue weighted by Gasteiger charge is -2.14. The van der Waals surface area contributed by atoms with Crippen molar-refractivity contribution in [1.29, 1.82) is 0 Å². The number of nitrogens with two attached hydrogens (primary N) is 1. The molecule has 1 aromatic rings. The van der Waals surface area contributed by atoms with E-state index in [0.717, 1.165) is 6.07 Å². The van der Waals surface area contributed by atoms with Gasteiger partial charge in [-0.05, 0) is 34.5 Å². The van der Waals surface area contributed by atoms with Gasteiger partial charge in [-0.1, -0.05) is 12.1 Å². The van der Waals surface area contributed by atoms with Crippen LogP contribution in [0, 0.1) is 0 Å². The van der Waals surface area contributed by atoms with Crippen molar-refractivity contribution >= 4 is 15.9 Å². The van der Waals surface area contributed by atoms with Gasteiger partial charge >= 0.3 is 6.18 Å². The number of halogens is 4. The van der Waals surface area contributed by atoms with Crippen LogP contribution in [0.25, 0.3) is 0 Å². The first-order valence-corrected chi connectivity index (χ1v) is 4.74. The average molecular weight is 268 g/mol. The summed E-state index contributed by atoms with van der Waals surface area (Å²) in [5.41, 5.74) is 5.30. The Morgan fingerprint density at radius 3 is 2.36 bits per heavy atom. The lowest BCUT2D eigenvalue weighted by Crippen LogP contribution is -2.11. The van der Waals surface area contributed by atoms with Crippen molar-refractivity contribution in [2.75, 3.05) is 0 Å². The summed E-state index contributed by atoms with van der Waals surface area (Å²) in [6, 6.07) is 3.53. The van der Waals surface area contributed by atoms with Crippen LogP contribution >= 0.6 is 15.9 Å². The van der Waals surface area contributed by atoms with E-state index in [1.165, 1.54) is 6.07 Å². The minimum Gasteiger partial charge on any atom is -0.324 e. The summed E-state index contributed by atoms with van der Waals surface area (Å²) in [7, 11) is 0. The molecule has 0 spiro atoms. The Hall–Kier alpha value is -0.550. The van der Waals surface area contributed by atoms with E-state index in [4.69, 9.17) is 5.73 Å². The van der Waals surface area contributed by atoms with E-state index in [2.05, 4.69) is 15.9 Å². The number of hydrogen-bond acceptors (Lipinski definition) is 1. The minimum atomic E-state index is -4.34. The zero-order valence-corrected chi connectivity index (χ0v) is 8.98. The highest BCUT2D eigenvalue weighted by Gasteiger charge is 2.33. The van der Waals surface area contributed by atoms with Crippen LogP contribution in [0.2, 0.25) is 0 Å². The van der Waals surface area contributed by atoms with Crippen molar-refractivity contribution in [3.05, 3.63) is 33.8 Å². The molecule has 2 N–H and O–H groups in total. The molecule has 0 bridgehead atoms. The van der Waals surface area contributed by atoms with Crippen molar-refractivity contribution in [1.82, 2.24) is 0 Å². The molecule has 0 heterocycles. The molecule has 78 valence electrons. The normalized spacial score (nSPS) is 14.1. The summed E-state index contributed by atoms with van der Waals surface area (Å²) in [5.74, 6) is 0. The molecule has 1 nitrogen and oxygen atoms in total. The van der Waals surface area contributed by atoms with Crippen LogP contribution in [0.3, 0.4) is 0 Å². The van der Waals surface area contributed by atoms with Gasteiger partial charge in [-0.25, -0.2) is 0 Å². The molecular formula is C9H9BrF3N. The van der Waals surface area contributed by atoms with Gasteiger partial charge in [0.25, 0.3) is 0 Å². The van der Waals surface area contributed by atoms with Gasteiger partial charge in [-0.15, -0.1) is 0 Å². The second-order valence-electron chi connectivity index (χ2n) is 3.00. The zero-order valence-electron chi connectivity index (χ0n) is 7.40. The molecule has 1 aromatic carbocycles. The predicted octanol–water partition coefficient (Wildman–Crippen LogP) is 3.49. The van der Waals surface area contributed by atoms with Crippen LogP contribution in [0.4, 0.5) is 13.2 Å². The second-order valence-corrected chi connectivity index (χ2v) is 3.79. The van der Waals surface area contributed by atoms with Crippen LogP contribution < -0.4 is 5.73 Å². The third-order valence-electron chi connectivity index (χ3n) is 1.82. The van der Waals surface area contributed by atoms with Crippen LogP contribution in [0.5, 0.6) is 0 Å². The van der Waals surface area contributed by atoms with E-state index in [1.807, 2.05) is 0 Å². The summed E-state index contributed by atoms with van der Waals surface area (Å²) in [5, 5.41) is 0. The third-order valence-corrected chi connectivity index (χ3v) is 2.71. The summed E-state index contributed by atoms with van der Waals surface area (Å²) >= 11 is 2.92. The minimum absolute atomic E-state index is 0.0301. The Morgan fingerprint density at radius 2 is 1.93 bits per heavy atom. The summed E-state index contributed by atoms with van der Waals surface area (Å²) < 4.78 is 37.3. The van der Waals surface area contributed by atoms with Crippen molar-refractivity contribution in [2.24, 2.45) is 5.73 Å². The van der Waals surface area contributed by atoms with E-state index >= 15 is 0 Å². The zero-order chi connectivity index (χ0) is 10.9. The summed E-state index contributed by atoms with van der Waals surface area (Å²) in [6.45, 7) is 1.64. The van der Waals surface area contributed by atoms with Crippen LogP contribution in [-0.4, -0.2) is 0 Å². The molecule has 0 saturated heterocycles. The molecule has 0 aliphatic heterocycles. The molecule has 0 amide bonds. The largest absolute Gasteiger partial charge is 0.417 e. The fourth-order valence-corrected chi connectivity index (χ4v) is 1.97. The first kappa shape index (κ1) is 11.5. The van der Waals surface area contributed by atoms with Crippen molar-refractivity contribution in [3.63, 3.8) is 0 Å². The molecule has 0 aromatic heterocycles. The number of benzene rings is 1. The van der Waals surface area contributed by atoms with Crippen molar-refractivity contribution in [2.45, 2.75) is 19.1 Å². The topological polar surface area (TPSA) is 26.0 Å². The molecule has 0 radical (unpaired) electrons. The van der Waals surface area contributed by atoms with Gasteiger partial charge in [0.2, 0.25) is 0 Å². The molecular weight excluding hydrogens is 259 g/mol. The summed E-state index contributed by atoms with van der Waals surface area (Å²) in [6.07, 6.45) is -4.34. The van der Waals surface area contributed by atoms with E-state index in [1.54, 1.807) is 13.0 Å². The summed E-state index contributed by atoms with van der Waals surface area (Å²) in [4.78, 5) is 0. The molecule has 5 heteroatoms. The maximum Gasteiger partial charge on any atom is 0.417 e. The van der Waals surface area contributed by atoms with E-state index < -0.39 is 17.8 Å². The third kappa shape index (κ3) is 2.27. The molecule has 1 rings (SSSR count). The standard InChI is InChI=1S/C9H9BrF3N/c1-5(14)6-3-2-4-7(8(6)10)9(11,12)13/h2-5H,14H2,1H3/t5-/m1/s1. The maximum absolute atomic E-state index is 12.4. The Kier molecular flexibility index (Phi) is 3.21. The number of rotatable bonds is 1. The second kappa shape index (κ2) is 3.90. The van der Waals surface area contributed by atoms with Gasteiger partial charge < -0.3 is 5.73 Å². The van der Waals surface area contributed by atoms with Gasteiger partial charge in [-0.3, -0.25) is 0 Å². The highest BCUT2D eigenvalue weighted by molar-refractivity contribution is 9.10. The number of hydrogen-bond donors (Lipinski definition) is 1. The first-order chi connectivity index (χ1) is 6.34. The molecule has 1 atom stereocenters. The Balaban J connectivity index is 3.28. The van der Waals surface area contributed by atoms with Crippen molar-refractivity contribution < 1.29 is 13.2 Å². The molecule has 0 fully saturated rings. The fourth-order valence-electron chi connectivity index (χ4n) is 1.12. The lowest BCUT2D eigenvalue weighted by molar-refractivity contribution is -0.138. The van der Waals surface area contributed by atoms with Gasteiger partial charge in [0, 0.05) is 10.5 Å². The quantitative estimate of drug-likeness (QED) is 0.828. The lowest BCUT2D eigenvalue weighted by atomic mass is 10.1. The molecule has 14 heavy (non-hydrogen) atoms. The smallest absolute Gasteiger partial charge is 0.324 e. The molecule has 0 saturated carbocycles. The van der Waals surface area contributed by atoms with Gasteiger partial charge in [0.15, 0.2) is 0 Å². The van der Waals surface area contributed by atoms with E-state index in [-0.39, 0.29) is 4.47 Å². The average Bonchev–Trinajstić information content (AvgIpc) is 2.01. The van der Waals surface area contributed by atoms with Crippen LogP contribution in [0.1, 0.15) is 24.1 Å². The first-order valence-electron chi connectivity index (χ1n) is 3.95. The maximum atomic E-state index is 12.4. The van der Waals surface area contributed by atoms with Gasteiger partial charge in [0.05, 0.1) is 5.56 Å². The fraction of sp³-hybridized carbons (Fsp3) is 0.333. The SMILES string of the molecule is C[C@@H](N)c1cccc(C(F)(F)F)c1Br. The highest BCUT2D eigenvalue weighted by Crippen LogP contribution is 2.37. The van der Waals surface area contributed by atoms with E-state index in [0.29, 0.717) is 5.56 Å². The molecule has 0 aliphatic rings. The van der Waals surface area contributed by atoms with Crippen LogP contribution in [-0.2, 0) is 6.18 Å². The number of alkyl halides is 3.